The zero-order chi connectivity index (χ0) is 35.5. The largest absolute Gasteiger partial charge is 0.324 e. The minimum absolute atomic E-state index is 0.211. The van der Waals surface area contributed by atoms with E-state index in [4.69, 9.17) is 9.98 Å². The molecule has 1 aliphatic heterocycles. The monoisotopic (exact) mass is 685 g/mol. The van der Waals surface area contributed by atoms with Crippen LogP contribution in [-0.4, -0.2) is 11.7 Å². The predicted octanol–water partition coefficient (Wildman–Crippen LogP) is 12.4. The highest BCUT2D eigenvalue weighted by atomic mass is 15.2. The average Bonchev–Trinajstić information content (AvgIpc) is 3.47. The van der Waals surface area contributed by atoms with Gasteiger partial charge in [0, 0.05) is 16.7 Å². The van der Waals surface area contributed by atoms with Crippen LogP contribution in [-0.2, 0) is 5.41 Å². The van der Waals surface area contributed by atoms with E-state index >= 15 is 0 Å². The van der Waals surface area contributed by atoms with E-state index in [0.29, 0.717) is 5.92 Å². The van der Waals surface area contributed by atoms with Gasteiger partial charge in [0.15, 0.2) is 6.17 Å². The molecule has 7 aromatic rings. The fourth-order valence-electron chi connectivity index (χ4n) is 9.95. The number of rotatable bonds is 5. The standard InChI is InChI=1S/C50H43N3/c1-50(2)42-26-14-13-24-41(42)45-36(25-15-27-43(45)50)32-28-30-33(31-29-32)44-39-22-11-9-20-37(39)38-21-10-12-23-40(38)46(44)49-52-47(34-16-5-3-6-17-34)51-48(53-49)35-18-7-4-8-19-35/h3-12,15-23,25,27-31,41-42,49H,13-14,24,26H2,1-2H3,(H,51,52,53). The van der Waals surface area contributed by atoms with Crippen LogP contribution < -0.4 is 5.32 Å². The lowest BCUT2D eigenvalue weighted by atomic mass is 9.69. The van der Waals surface area contributed by atoms with Crippen molar-refractivity contribution in [2.45, 2.75) is 57.0 Å². The molecule has 3 heteroatoms. The van der Waals surface area contributed by atoms with Crippen molar-refractivity contribution >= 4 is 33.2 Å². The number of amidine groups is 2. The first kappa shape index (κ1) is 31.9. The zero-order valence-corrected chi connectivity index (χ0v) is 30.4. The van der Waals surface area contributed by atoms with E-state index in [1.54, 1.807) is 11.1 Å². The quantitative estimate of drug-likeness (QED) is 0.180. The molecule has 2 aliphatic carbocycles. The molecule has 2 atom stereocenters. The number of aliphatic imine (C=N–C) groups is 2. The molecule has 53 heavy (non-hydrogen) atoms. The van der Waals surface area contributed by atoms with Crippen LogP contribution in [0.4, 0.5) is 0 Å². The lowest BCUT2D eigenvalue weighted by Crippen LogP contribution is -2.36. The maximum absolute atomic E-state index is 5.42. The molecule has 10 rings (SSSR count). The molecule has 1 saturated carbocycles. The summed E-state index contributed by atoms with van der Waals surface area (Å²) >= 11 is 0. The van der Waals surface area contributed by atoms with Gasteiger partial charge in [-0.2, -0.15) is 0 Å². The van der Waals surface area contributed by atoms with E-state index in [0.717, 1.165) is 34.3 Å². The van der Waals surface area contributed by atoms with E-state index in [2.05, 4.69) is 159 Å². The molecular formula is C50H43N3. The number of hydrogen-bond donors (Lipinski definition) is 1. The summed E-state index contributed by atoms with van der Waals surface area (Å²) in [6.07, 6.45) is 4.86. The van der Waals surface area contributed by atoms with Gasteiger partial charge < -0.3 is 5.32 Å². The molecule has 3 aliphatic rings. The van der Waals surface area contributed by atoms with Gasteiger partial charge >= 0.3 is 0 Å². The van der Waals surface area contributed by atoms with Gasteiger partial charge in [0.1, 0.15) is 11.7 Å². The van der Waals surface area contributed by atoms with Crippen LogP contribution in [0, 0.1) is 5.92 Å². The van der Waals surface area contributed by atoms with E-state index in [-0.39, 0.29) is 5.41 Å². The summed E-state index contributed by atoms with van der Waals surface area (Å²) in [5.41, 5.74) is 11.7. The maximum atomic E-state index is 5.42. The van der Waals surface area contributed by atoms with E-state index in [9.17, 15) is 0 Å². The Balaban J connectivity index is 1.18. The van der Waals surface area contributed by atoms with Crippen molar-refractivity contribution in [2.75, 3.05) is 0 Å². The van der Waals surface area contributed by atoms with Gasteiger partial charge in [0.25, 0.3) is 0 Å². The Morgan fingerprint density at radius 1 is 0.491 bits per heavy atom. The summed E-state index contributed by atoms with van der Waals surface area (Å²) in [6.45, 7) is 4.97. The Labute approximate surface area is 312 Å². The van der Waals surface area contributed by atoms with Gasteiger partial charge in [-0.1, -0.05) is 178 Å². The zero-order valence-electron chi connectivity index (χ0n) is 30.4. The fraction of sp³-hybridized carbons (Fsp3) is 0.200. The SMILES string of the molecule is CC1(C)c2cccc(-c3ccc(-c4c(C5N=C(c6ccccc6)NC(c6ccccc6)=N5)c5ccccc5c5ccccc45)cc3)c2C2CCCCC21. The number of benzene rings is 7. The fourth-order valence-corrected chi connectivity index (χ4v) is 9.95. The smallest absolute Gasteiger partial charge is 0.171 e. The highest BCUT2D eigenvalue weighted by Crippen LogP contribution is 2.58. The van der Waals surface area contributed by atoms with Crippen LogP contribution in [0.3, 0.4) is 0 Å². The molecule has 1 heterocycles. The van der Waals surface area contributed by atoms with E-state index in [1.807, 2.05) is 12.1 Å². The van der Waals surface area contributed by atoms with Crippen molar-refractivity contribution in [3.05, 3.63) is 179 Å². The Kier molecular flexibility index (Phi) is 7.65. The summed E-state index contributed by atoms with van der Waals surface area (Å²) in [4.78, 5) is 10.8. The first-order valence-electron chi connectivity index (χ1n) is 19.3. The molecule has 0 aromatic heterocycles. The van der Waals surface area contributed by atoms with Crippen LogP contribution in [0.1, 0.15) is 79.4 Å². The Morgan fingerprint density at radius 2 is 1.04 bits per heavy atom. The second-order valence-electron chi connectivity index (χ2n) is 15.6. The molecule has 1 N–H and O–H groups in total. The summed E-state index contributed by atoms with van der Waals surface area (Å²) in [5.74, 6) is 3.02. The van der Waals surface area contributed by atoms with Crippen molar-refractivity contribution in [2.24, 2.45) is 15.9 Å². The van der Waals surface area contributed by atoms with Crippen molar-refractivity contribution in [1.29, 1.82) is 0 Å². The maximum Gasteiger partial charge on any atom is 0.171 e. The van der Waals surface area contributed by atoms with E-state index in [1.165, 1.54) is 69.5 Å². The molecule has 0 spiro atoms. The lowest BCUT2D eigenvalue weighted by Gasteiger charge is -2.35. The second kappa shape index (κ2) is 12.7. The lowest BCUT2D eigenvalue weighted by molar-refractivity contribution is 0.233. The normalized spacial score (nSPS) is 19.3. The predicted molar refractivity (Wildman–Crippen MR) is 222 cm³/mol. The third-order valence-corrected chi connectivity index (χ3v) is 12.4. The molecule has 258 valence electrons. The van der Waals surface area contributed by atoms with Gasteiger partial charge in [0.05, 0.1) is 0 Å². The van der Waals surface area contributed by atoms with Crippen molar-refractivity contribution < 1.29 is 0 Å². The minimum Gasteiger partial charge on any atom is -0.324 e. The second-order valence-corrected chi connectivity index (χ2v) is 15.6. The first-order chi connectivity index (χ1) is 26.1. The highest BCUT2D eigenvalue weighted by molar-refractivity contribution is 6.18. The molecule has 0 amide bonds. The number of nitrogens with one attached hydrogen (secondary N) is 1. The summed E-state index contributed by atoms with van der Waals surface area (Å²) < 4.78 is 0. The number of fused-ring (bicyclic) bond motifs is 6. The van der Waals surface area contributed by atoms with Gasteiger partial charge in [-0.25, -0.2) is 9.98 Å². The van der Waals surface area contributed by atoms with Gasteiger partial charge in [-0.3, -0.25) is 0 Å². The van der Waals surface area contributed by atoms with E-state index < -0.39 is 6.17 Å². The number of hydrogen-bond acceptors (Lipinski definition) is 3. The Morgan fingerprint density at radius 3 is 1.70 bits per heavy atom. The average molecular weight is 686 g/mol. The van der Waals surface area contributed by atoms with Crippen molar-refractivity contribution in [3.8, 4) is 22.3 Å². The molecule has 0 bridgehead atoms. The topological polar surface area (TPSA) is 36.8 Å². The number of nitrogens with zero attached hydrogens (tertiary/aromatic N) is 2. The van der Waals surface area contributed by atoms with Crippen LogP contribution >= 0.6 is 0 Å². The Hall–Kier alpha value is -5.80. The summed E-state index contributed by atoms with van der Waals surface area (Å²) in [6, 6.07) is 54.9. The van der Waals surface area contributed by atoms with Crippen LogP contribution in [0.15, 0.2) is 162 Å². The molecule has 0 radical (unpaired) electrons. The van der Waals surface area contributed by atoms with Crippen molar-refractivity contribution in [1.82, 2.24) is 5.32 Å². The third kappa shape index (κ3) is 5.24. The van der Waals surface area contributed by atoms with Crippen LogP contribution in [0.5, 0.6) is 0 Å². The highest BCUT2D eigenvalue weighted by Gasteiger charge is 2.47. The van der Waals surface area contributed by atoms with Crippen molar-refractivity contribution in [3.63, 3.8) is 0 Å². The molecule has 1 fully saturated rings. The van der Waals surface area contributed by atoms with Gasteiger partial charge in [0.2, 0.25) is 0 Å². The molecule has 0 saturated heterocycles. The minimum atomic E-state index is -0.464. The third-order valence-electron chi connectivity index (χ3n) is 12.4. The van der Waals surface area contributed by atoms with Crippen LogP contribution in [0.2, 0.25) is 0 Å². The Bertz CT molecular complexity index is 2510. The molecule has 2 unspecified atom stereocenters. The summed E-state index contributed by atoms with van der Waals surface area (Å²) in [5, 5.41) is 8.45. The molecule has 7 aromatic carbocycles. The first-order valence-corrected chi connectivity index (χ1v) is 19.3. The summed E-state index contributed by atoms with van der Waals surface area (Å²) in [7, 11) is 0. The molecular weight excluding hydrogens is 643 g/mol. The van der Waals surface area contributed by atoms with Gasteiger partial charge in [-0.15, -0.1) is 0 Å². The van der Waals surface area contributed by atoms with Gasteiger partial charge in [-0.05, 0) is 85.0 Å². The molecule has 3 nitrogen and oxygen atoms in total. The van der Waals surface area contributed by atoms with Crippen LogP contribution in [0.25, 0.3) is 43.8 Å².